The molecule has 0 spiro atoms. The van der Waals surface area contributed by atoms with Gasteiger partial charge in [0.05, 0.1) is 11.7 Å². The summed E-state index contributed by atoms with van der Waals surface area (Å²) in [5.74, 6) is -0.242. The Morgan fingerprint density at radius 2 is 2.12 bits per heavy atom. The number of amides is 1. The van der Waals surface area contributed by atoms with E-state index in [1.54, 1.807) is 24.2 Å². The lowest BCUT2D eigenvalue weighted by molar-refractivity contribution is -0.136. The highest BCUT2D eigenvalue weighted by molar-refractivity contribution is 5.79. The molecule has 1 heterocycles. The van der Waals surface area contributed by atoms with E-state index < -0.39 is 0 Å². The van der Waals surface area contributed by atoms with Crippen molar-refractivity contribution >= 4 is 5.91 Å². The van der Waals surface area contributed by atoms with Gasteiger partial charge in [-0.2, -0.15) is 0 Å². The Kier molecular flexibility index (Phi) is 5.04. The Balaban J connectivity index is 1.95. The number of benzene rings is 1. The first-order valence-electron chi connectivity index (χ1n) is 8.25. The molecule has 0 radical (unpaired) electrons. The highest BCUT2D eigenvalue weighted by Gasteiger charge is 2.29. The fraction of sp³-hybridized carbons (Fsp3) is 0.300. The van der Waals surface area contributed by atoms with Crippen LogP contribution in [0, 0.1) is 11.7 Å². The van der Waals surface area contributed by atoms with Crippen molar-refractivity contribution in [3.63, 3.8) is 0 Å². The topological polar surface area (TPSA) is 33.2 Å². The molecule has 0 saturated carbocycles. The molecule has 1 aliphatic rings. The number of halogens is 1. The number of pyridine rings is 1. The molecule has 2 aromatic rings. The van der Waals surface area contributed by atoms with Crippen LogP contribution in [0.2, 0.25) is 0 Å². The lowest BCUT2D eigenvalue weighted by Crippen LogP contribution is -2.37. The summed E-state index contributed by atoms with van der Waals surface area (Å²) in [7, 11) is 1.78. The van der Waals surface area contributed by atoms with E-state index in [1.807, 2.05) is 24.3 Å². The van der Waals surface area contributed by atoms with Gasteiger partial charge in [0.2, 0.25) is 5.91 Å². The highest BCUT2D eigenvalue weighted by Crippen LogP contribution is 2.30. The number of hydrogen-bond acceptors (Lipinski definition) is 2. The monoisotopic (exact) mass is 324 g/mol. The Morgan fingerprint density at radius 1 is 1.25 bits per heavy atom. The van der Waals surface area contributed by atoms with Crippen molar-refractivity contribution in [2.45, 2.75) is 25.3 Å². The van der Waals surface area contributed by atoms with Gasteiger partial charge < -0.3 is 4.90 Å². The smallest absolute Gasteiger partial charge is 0.226 e. The average Bonchev–Trinajstić information content (AvgIpc) is 2.63. The Bertz CT molecular complexity index is 729. The van der Waals surface area contributed by atoms with Gasteiger partial charge in [-0.1, -0.05) is 30.4 Å². The van der Waals surface area contributed by atoms with Gasteiger partial charge in [-0.3, -0.25) is 9.78 Å². The number of nitrogens with zero attached hydrogens (tertiary/aromatic N) is 2. The fourth-order valence-corrected chi connectivity index (χ4v) is 3.24. The first-order valence-corrected chi connectivity index (χ1v) is 8.25. The average molecular weight is 324 g/mol. The molecule has 0 unspecified atom stereocenters. The zero-order valence-corrected chi connectivity index (χ0v) is 13.7. The number of rotatable bonds is 4. The molecule has 124 valence electrons. The standard InChI is InChI=1S/C20H21FN2O/c1-23(20(24)15-8-3-2-4-9-15)19(18-12-5-6-13-22-18)16-10-7-11-17(21)14-16/h2-3,5-7,10-15,19H,4,8-9H2,1H3/t15-,19+/m0/s1. The molecule has 0 bridgehead atoms. The van der Waals surface area contributed by atoms with Crippen molar-refractivity contribution in [2.24, 2.45) is 5.92 Å². The van der Waals surface area contributed by atoms with Gasteiger partial charge in [-0.25, -0.2) is 4.39 Å². The van der Waals surface area contributed by atoms with E-state index in [9.17, 15) is 9.18 Å². The van der Waals surface area contributed by atoms with Crippen LogP contribution in [0.25, 0.3) is 0 Å². The number of aromatic nitrogens is 1. The first kappa shape index (κ1) is 16.4. The van der Waals surface area contributed by atoms with Crippen LogP contribution in [0.4, 0.5) is 4.39 Å². The number of hydrogen-bond donors (Lipinski definition) is 0. The van der Waals surface area contributed by atoms with Crippen molar-refractivity contribution in [3.05, 3.63) is 77.9 Å². The van der Waals surface area contributed by atoms with Gasteiger partial charge in [0.25, 0.3) is 0 Å². The molecule has 4 heteroatoms. The van der Waals surface area contributed by atoms with Crippen molar-refractivity contribution < 1.29 is 9.18 Å². The molecular formula is C20H21FN2O. The van der Waals surface area contributed by atoms with Crippen LogP contribution >= 0.6 is 0 Å². The molecule has 0 fully saturated rings. The number of carbonyl (C=O) groups is 1. The normalized spacial score (nSPS) is 18.2. The van der Waals surface area contributed by atoms with Crippen LogP contribution in [0.5, 0.6) is 0 Å². The van der Waals surface area contributed by atoms with Crippen LogP contribution < -0.4 is 0 Å². The summed E-state index contributed by atoms with van der Waals surface area (Å²) in [5.41, 5.74) is 1.47. The molecule has 1 amide bonds. The third kappa shape index (κ3) is 3.53. The Labute approximate surface area is 141 Å². The second-order valence-corrected chi connectivity index (χ2v) is 6.14. The van der Waals surface area contributed by atoms with Crippen molar-refractivity contribution in [1.29, 1.82) is 0 Å². The van der Waals surface area contributed by atoms with Gasteiger partial charge in [-0.05, 0) is 49.1 Å². The zero-order chi connectivity index (χ0) is 16.9. The Hall–Kier alpha value is -2.49. The van der Waals surface area contributed by atoms with Gasteiger partial charge in [0.15, 0.2) is 0 Å². The maximum absolute atomic E-state index is 13.7. The molecule has 3 nitrogen and oxygen atoms in total. The largest absolute Gasteiger partial charge is 0.333 e. The maximum atomic E-state index is 13.7. The number of allylic oxidation sites excluding steroid dienone is 2. The molecule has 24 heavy (non-hydrogen) atoms. The molecule has 0 aliphatic heterocycles. The lowest BCUT2D eigenvalue weighted by Gasteiger charge is -2.32. The summed E-state index contributed by atoms with van der Waals surface area (Å²) in [6.45, 7) is 0. The van der Waals surface area contributed by atoms with E-state index in [0.29, 0.717) is 0 Å². The lowest BCUT2D eigenvalue weighted by atomic mass is 9.91. The fourth-order valence-electron chi connectivity index (χ4n) is 3.24. The van der Waals surface area contributed by atoms with Gasteiger partial charge in [0, 0.05) is 19.2 Å². The third-order valence-corrected chi connectivity index (χ3v) is 4.49. The van der Waals surface area contributed by atoms with Crippen molar-refractivity contribution in [1.82, 2.24) is 9.88 Å². The SMILES string of the molecule is CN(C(=O)[C@H]1CC=CCC1)[C@H](c1cccc(F)c1)c1ccccn1. The van der Waals surface area contributed by atoms with Crippen molar-refractivity contribution in [3.8, 4) is 0 Å². The summed E-state index contributed by atoms with van der Waals surface area (Å²) in [6.07, 6.45) is 8.44. The highest BCUT2D eigenvalue weighted by atomic mass is 19.1. The molecule has 1 aliphatic carbocycles. The third-order valence-electron chi connectivity index (χ3n) is 4.49. The summed E-state index contributed by atoms with van der Waals surface area (Å²) in [5, 5.41) is 0. The molecule has 1 aromatic carbocycles. The van der Waals surface area contributed by atoms with E-state index in [-0.39, 0.29) is 23.7 Å². The summed E-state index contributed by atoms with van der Waals surface area (Å²) in [4.78, 5) is 19.1. The minimum atomic E-state index is -0.389. The molecular weight excluding hydrogens is 303 g/mol. The van der Waals surface area contributed by atoms with E-state index in [4.69, 9.17) is 0 Å². The van der Waals surface area contributed by atoms with Gasteiger partial charge in [0.1, 0.15) is 5.82 Å². The maximum Gasteiger partial charge on any atom is 0.226 e. The first-order chi connectivity index (χ1) is 11.7. The van der Waals surface area contributed by atoms with Crippen molar-refractivity contribution in [2.75, 3.05) is 7.05 Å². The van der Waals surface area contributed by atoms with E-state index in [2.05, 4.69) is 17.1 Å². The zero-order valence-electron chi connectivity index (χ0n) is 13.7. The van der Waals surface area contributed by atoms with E-state index in [0.717, 1.165) is 30.5 Å². The summed E-state index contributed by atoms with van der Waals surface area (Å²) in [6, 6.07) is 11.6. The molecule has 2 atom stereocenters. The van der Waals surface area contributed by atoms with Crippen LogP contribution in [0.15, 0.2) is 60.8 Å². The molecule has 0 saturated heterocycles. The van der Waals surface area contributed by atoms with E-state index in [1.165, 1.54) is 12.1 Å². The second-order valence-electron chi connectivity index (χ2n) is 6.14. The van der Waals surface area contributed by atoms with Crippen LogP contribution in [-0.4, -0.2) is 22.8 Å². The number of carbonyl (C=O) groups excluding carboxylic acids is 1. The van der Waals surface area contributed by atoms with Crippen LogP contribution in [0.1, 0.15) is 36.6 Å². The Morgan fingerprint density at radius 3 is 2.79 bits per heavy atom. The molecule has 1 aromatic heterocycles. The quantitative estimate of drug-likeness (QED) is 0.793. The van der Waals surface area contributed by atoms with Crippen LogP contribution in [0.3, 0.4) is 0 Å². The van der Waals surface area contributed by atoms with Gasteiger partial charge in [-0.15, -0.1) is 0 Å². The summed E-state index contributed by atoms with van der Waals surface area (Å²) >= 11 is 0. The minimum Gasteiger partial charge on any atom is -0.333 e. The van der Waals surface area contributed by atoms with Crippen LogP contribution in [-0.2, 0) is 4.79 Å². The minimum absolute atomic E-state index is 0.0141. The predicted octanol–water partition coefficient (Wildman–Crippen LogP) is 4.12. The molecule has 0 N–H and O–H groups in total. The summed E-state index contributed by atoms with van der Waals surface area (Å²) < 4.78 is 13.7. The second kappa shape index (κ2) is 7.39. The predicted molar refractivity (Wildman–Crippen MR) is 91.7 cm³/mol. The molecule has 3 rings (SSSR count). The van der Waals surface area contributed by atoms with Gasteiger partial charge >= 0.3 is 0 Å². The van der Waals surface area contributed by atoms with E-state index >= 15 is 0 Å².